The van der Waals surface area contributed by atoms with E-state index in [1.807, 2.05) is 6.92 Å². The van der Waals surface area contributed by atoms with Crippen molar-refractivity contribution in [1.29, 1.82) is 0 Å². The molecule has 0 atom stereocenters. The molecule has 0 saturated carbocycles. The smallest absolute Gasteiger partial charge is 1.00 e. The summed E-state index contributed by atoms with van der Waals surface area (Å²) in [5.41, 5.74) is -1.57. The molecule has 0 saturated heterocycles. The van der Waals surface area contributed by atoms with Crippen LogP contribution in [0.1, 0.15) is 61.6 Å². The first-order valence-corrected chi connectivity index (χ1v) is 5.98. The number of carboxylic acids is 2. The maximum atomic E-state index is 11.1. The molecule has 0 rings (SSSR count). The Morgan fingerprint density at radius 3 is 1.82 bits per heavy atom. The third-order valence-corrected chi connectivity index (χ3v) is 2.95. The van der Waals surface area contributed by atoms with Gasteiger partial charge in [0.15, 0.2) is 5.41 Å². The fourth-order valence-corrected chi connectivity index (χ4v) is 1.92. The molecule has 17 heavy (non-hydrogen) atoms. The van der Waals surface area contributed by atoms with Crippen LogP contribution in [0.5, 0.6) is 0 Å². The summed E-state index contributed by atoms with van der Waals surface area (Å²) in [5.74, 6) is -2.39. The minimum absolute atomic E-state index is 0. The number of hydrogen-bond acceptors (Lipinski definition) is 2. The molecule has 98 valence electrons. The van der Waals surface area contributed by atoms with Crippen LogP contribution >= 0.6 is 0 Å². The molecule has 0 heterocycles. The van der Waals surface area contributed by atoms with E-state index in [1.165, 1.54) is 0 Å². The van der Waals surface area contributed by atoms with Crippen LogP contribution in [0, 0.1) is 5.41 Å². The van der Waals surface area contributed by atoms with Crippen molar-refractivity contribution in [1.82, 2.24) is 0 Å². The standard InChI is InChI=1S/C12H22O4.Mg.2H/c1-3-5-6-7-9-12(8-4-2,10(13)14)11(15)16;;;/h3-9H2,1-2H3,(H,13,14)(H,15,16);;;/q;+2;2*-1. The van der Waals surface area contributed by atoms with Crippen molar-refractivity contribution in [3.8, 4) is 0 Å². The van der Waals surface area contributed by atoms with Crippen molar-refractivity contribution >= 4 is 35.0 Å². The Balaban J connectivity index is -0.000000375. The monoisotopic (exact) mass is 256 g/mol. The number of carbonyl (C=O) groups is 2. The molecule has 0 amide bonds. The normalized spacial score (nSPS) is 10.7. The quantitative estimate of drug-likeness (QED) is 0.378. The van der Waals surface area contributed by atoms with Gasteiger partial charge in [-0.1, -0.05) is 46.0 Å². The predicted octanol–water partition coefficient (Wildman–Crippen LogP) is 2.76. The number of aliphatic carboxylic acids is 2. The topological polar surface area (TPSA) is 74.6 Å². The maximum absolute atomic E-state index is 11.1. The molecular formula is C12H24MgO4. The van der Waals surface area contributed by atoms with Gasteiger partial charge in [0, 0.05) is 0 Å². The van der Waals surface area contributed by atoms with Crippen LogP contribution in [0.4, 0.5) is 0 Å². The molecule has 0 aliphatic rings. The second-order valence-corrected chi connectivity index (χ2v) is 4.25. The van der Waals surface area contributed by atoms with Gasteiger partial charge >= 0.3 is 35.0 Å². The van der Waals surface area contributed by atoms with Gasteiger partial charge in [0.2, 0.25) is 0 Å². The third-order valence-electron chi connectivity index (χ3n) is 2.95. The molecule has 0 radical (unpaired) electrons. The molecule has 0 aliphatic carbocycles. The van der Waals surface area contributed by atoms with Gasteiger partial charge < -0.3 is 13.1 Å². The van der Waals surface area contributed by atoms with Crippen LogP contribution in [-0.2, 0) is 9.59 Å². The zero-order valence-corrected chi connectivity index (χ0v) is 12.3. The van der Waals surface area contributed by atoms with Crippen LogP contribution in [0.25, 0.3) is 0 Å². The molecular weight excluding hydrogens is 232 g/mol. The molecule has 2 N–H and O–H groups in total. The molecule has 0 fully saturated rings. The molecule has 0 aliphatic heterocycles. The average molecular weight is 257 g/mol. The number of hydrogen-bond donors (Lipinski definition) is 2. The minimum Gasteiger partial charge on any atom is -1.00 e. The van der Waals surface area contributed by atoms with Crippen molar-refractivity contribution < 1.29 is 22.7 Å². The first-order chi connectivity index (χ1) is 7.51. The summed E-state index contributed by atoms with van der Waals surface area (Å²) in [6.45, 7) is 3.88. The largest absolute Gasteiger partial charge is 2.00 e. The predicted molar refractivity (Wildman–Crippen MR) is 69.3 cm³/mol. The van der Waals surface area contributed by atoms with E-state index in [2.05, 4.69) is 6.92 Å². The number of unbranched alkanes of at least 4 members (excludes halogenated alkanes) is 3. The van der Waals surface area contributed by atoms with E-state index in [0.29, 0.717) is 12.8 Å². The van der Waals surface area contributed by atoms with Crippen molar-refractivity contribution in [2.45, 2.75) is 58.8 Å². The van der Waals surface area contributed by atoms with Crippen molar-refractivity contribution in [2.75, 3.05) is 0 Å². The van der Waals surface area contributed by atoms with E-state index in [4.69, 9.17) is 10.2 Å². The van der Waals surface area contributed by atoms with Crippen LogP contribution in [0.15, 0.2) is 0 Å². The van der Waals surface area contributed by atoms with E-state index in [9.17, 15) is 9.59 Å². The van der Waals surface area contributed by atoms with Crippen molar-refractivity contribution in [2.24, 2.45) is 5.41 Å². The molecule has 0 aromatic heterocycles. The average Bonchev–Trinajstić information content (AvgIpc) is 2.21. The Morgan fingerprint density at radius 2 is 1.47 bits per heavy atom. The fourth-order valence-electron chi connectivity index (χ4n) is 1.92. The molecule has 0 aromatic carbocycles. The van der Waals surface area contributed by atoms with Crippen LogP contribution < -0.4 is 0 Å². The Bertz CT molecular complexity index is 236. The summed E-state index contributed by atoms with van der Waals surface area (Å²) in [7, 11) is 0. The molecule has 0 aromatic rings. The van der Waals surface area contributed by atoms with E-state index in [0.717, 1.165) is 19.3 Å². The first kappa shape index (κ1) is 19.1. The van der Waals surface area contributed by atoms with E-state index >= 15 is 0 Å². The molecule has 4 nitrogen and oxygen atoms in total. The number of rotatable bonds is 9. The SMILES string of the molecule is CCCCCCC(CCC)(C(=O)O)C(=O)O.[H-].[H-].[Mg+2]. The van der Waals surface area contributed by atoms with Gasteiger partial charge in [-0.2, -0.15) is 0 Å². The molecule has 0 unspecified atom stereocenters. The Morgan fingerprint density at radius 1 is 0.941 bits per heavy atom. The zero-order chi connectivity index (χ0) is 12.6. The Kier molecular flexibility index (Phi) is 10.9. The second-order valence-electron chi connectivity index (χ2n) is 4.25. The maximum Gasteiger partial charge on any atom is 2.00 e. The summed E-state index contributed by atoms with van der Waals surface area (Å²) in [6, 6.07) is 0. The number of carboxylic acid groups (broad SMARTS) is 2. The van der Waals surface area contributed by atoms with Gasteiger partial charge in [-0.05, 0) is 12.8 Å². The summed E-state index contributed by atoms with van der Waals surface area (Å²) >= 11 is 0. The van der Waals surface area contributed by atoms with Gasteiger partial charge in [0.1, 0.15) is 0 Å². The van der Waals surface area contributed by atoms with E-state index in [-0.39, 0.29) is 38.7 Å². The van der Waals surface area contributed by atoms with Gasteiger partial charge in [0.05, 0.1) is 0 Å². The third kappa shape index (κ3) is 5.72. The van der Waals surface area contributed by atoms with Crippen molar-refractivity contribution in [3.63, 3.8) is 0 Å². The van der Waals surface area contributed by atoms with Crippen molar-refractivity contribution in [3.05, 3.63) is 0 Å². The van der Waals surface area contributed by atoms with Gasteiger partial charge in [-0.25, -0.2) is 0 Å². The van der Waals surface area contributed by atoms with E-state index < -0.39 is 17.4 Å². The zero-order valence-electron chi connectivity index (χ0n) is 12.9. The summed E-state index contributed by atoms with van der Waals surface area (Å²) < 4.78 is 0. The molecule has 5 heteroatoms. The van der Waals surface area contributed by atoms with Gasteiger partial charge in [-0.3, -0.25) is 9.59 Å². The van der Waals surface area contributed by atoms with Gasteiger partial charge in [-0.15, -0.1) is 0 Å². The second kappa shape index (κ2) is 9.71. The van der Waals surface area contributed by atoms with Crippen LogP contribution in [-0.4, -0.2) is 45.2 Å². The van der Waals surface area contributed by atoms with Crippen LogP contribution in [0.2, 0.25) is 0 Å². The summed E-state index contributed by atoms with van der Waals surface area (Å²) in [5, 5.41) is 18.2. The van der Waals surface area contributed by atoms with Gasteiger partial charge in [0.25, 0.3) is 0 Å². The summed E-state index contributed by atoms with van der Waals surface area (Å²) in [6.07, 6.45) is 4.69. The van der Waals surface area contributed by atoms with Crippen LogP contribution in [0.3, 0.4) is 0 Å². The molecule has 0 spiro atoms. The Labute approximate surface area is 122 Å². The fraction of sp³-hybridized carbons (Fsp3) is 0.833. The van der Waals surface area contributed by atoms with E-state index in [1.54, 1.807) is 0 Å². The minimum atomic E-state index is -1.57. The Hall–Kier alpha value is -0.294. The summed E-state index contributed by atoms with van der Waals surface area (Å²) in [4.78, 5) is 22.3. The first-order valence-electron chi connectivity index (χ1n) is 5.98. The molecule has 0 bridgehead atoms.